The summed E-state index contributed by atoms with van der Waals surface area (Å²) in [5.74, 6) is 0. The third-order valence-electron chi connectivity index (χ3n) is 2.33. The summed E-state index contributed by atoms with van der Waals surface area (Å²) in [5, 5.41) is 8.46. The molecule has 1 N–H and O–H groups in total. The molecule has 0 heterocycles. The monoisotopic (exact) mass is 190 g/mol. The maximum Gasteiger partial charge on any atom is 0.0697 e. The number of aliphatic hydroxyl groups is 1. The lowest BCUT2D eigenvalue weighted by Crippen LogP contribution is -2.23. The molecule has 74 valence electrons. The molecule has 12 heavy (non-hydrogen) atoms. The second-order valence-electron chi connectivity index (χ2n) is 3.96. The fraction of sp³-hybridized carbons (Fsp3) is 1.00. The van der Waals surface area contributed by atoms with E-state index >= 15 is 0 Å². The van der Waals surface area contributed by atoms with Crippen LogP contribution in [0.3, 0.4) is 0 Å². The summed E-state index contributed by atoms with van der Waals surface area (Å²) < 4.78 is 5.19. The van der Waals surface area contributed by atoms with Crippen molar-refractivity contribution in [2.75, 3.05) is 19.8 Å². The average Bonchev–Trinajstić information content (AvgIpc) is 2.04. The average molecular weight is 190 g/mol. The molecule has 0 bridgehead atoms. The number of hydrogen-bond acceptors (Lipinski definition) is 2. The number of aliphatic hydroxyl groups excluding tert-OH is 1. The van der Waals surface area contributed by atoms with Crippen LogP contribution in [0.15, 0.2) is 0 Å². The molecule has 0 aromatic carbocycles. The molecule has 3 heteroatoms. The van der Waals surface area contributed by atoms with Gasteiger partial charge in [-0.2, -0.15) is 0 Å². The molecule has 0 rings (SSSR count). The fourth-order valence-electron chi connectivity index (χ4n) is 0.996. The lowest BCUT2D eigenvalue weighted by Gasteiger charge is -2.19. The van der Waals surface area contributed by atoms with E-state index in [1.807, 2.05) is 0 Å². The minimum absolute atomic E-state index is 0.147. The number of rotatable bonds is 7. The van der Waals surface area contributed by atoms with Crippen LogP contribution in [-0.4, -0.2) is 33.0 Å². The van der Waals surface area contributed by atoms with Crippen LogP contribution in [-0.2, 0) is 4.74 Å². The first-order valence-electron chi connectivity index (χ1n) is 4.81. The third-order valence-corrected chi connectivity index (χ3v) is 5.96. The van der Waals surface area contributed by atoms with E-state index in [1.165, 1.54) is 12.1 Å². The molecule has 0 amide bonds. The smallest absolute Gasteiger partial charge is 0.0697 e. The molecule has 0 radical (unpaired) electrons. The van der Waals surface area contributed by atoms with Gasteiger partial charge < -0.3 is 9.84 Å². The first-order valence-corrected chi connectivity index (χ1v) is 8.22. The van der Waals surface area contributed by atoms with Crippen molar-refractivity contribution in [3.63, 3.8) is 0 Å². The predicted molar refractivity (Wildman–Crippen MR) is 55.3 cm³/mol. The van der Waals surface area contributed by atoms with Gasteiger partial charge in [0.25, 0.3) is 0 Å². The summed E-state index contributed by atoms with van der Waals surface area (Å²) in [7, 11) is -0.880. The van der Waals surface area contributed by atoms with Crippen LogP contribution in [0, 0.1) is 0 Å². The van der Waals surface area contributed by atoms with Crippen molar-refractivity contribution in [3.8, 4) is 0 Å². The van der Waals surface area contributed by atoms with E-state index < -0.39 is 8.07 Å². The van der Waals surface area contributed by atoms with Crippen LogP contribution in [0.2, 0.25) is 25.2 Å². The van der Waals surface area contributed by atoms with E-state index in [4.69, 9.17) is 9.84 Å². The molecule has 2 nitrogen and oxygen atoms in total. The molecule has 0 atom stereocenters. The third kappa shape index (κ3) is 6.82. The van der Waals surface area contributed by atoms with Crippen molar-refractivity contribution in [1.29, 1.82) is 0 Å². The Kier molecular flexibility index (Phi) is 6.71. The zero-order valence-electron chi connectivity index (χ0n) is 8.60. The molecule has 0 unspecified atom stereocenters. The van der Waals surface area contributed by atoms with Gasteiger partial charge >= 0.3 is 0 Å². The highest BCUT2D eigenvalue weighted by molar-refractivity contribution is 6.77. The molecule has 0 aliphatic carbocycles. The molecule has 0 spiro atoms. The van der Waals surface area contributed by atoms with E-state index in [-0.39, 0.29) is 6.61 Å². The standard InChI is InChI=1S/C9H22O2Si/c1-4-12(2,3)9-5-7-11-8-6-10/h10H,4-9H2,1-3H3. The van der Waals surface area contributed by atoms with Crippen LogP contribution in [0.4, 0.5) is 0 Å². The second kappa shape index (κ2) is 6.63. The highest BCUT2D eigenvalue weighted by Crippen LogP contribution is 2.16. The Morgan fingerprint density at radius 3 is 2.42 bits per heavy atom. The van der Waals surface area contributed by atoms with Gasteiger partial charge in [-0.05, 0) is 6.42 Å². The summed E-state index contributed by atoms with van der Waals surface area (Å²) in [5.41, 5.74) is 0. The topological polar surface area (TPSA) is 29.5 Å². The Balaban J connectivity index is 3.19. The van der Waals surface area contributed by atoms with Gasteiger partial charge in [-0.15, -0.1) is 0 Å². The molecule has 0 aromatic rings. The zero-order chi connectivity index (χ0) is 9.45. The Morgan fingerprint density at radius 1 is 1.25 bits per heavy atom. The highest BCUT2D eigenvalue weighted by Gasteiger charge is 2.16. The zero-order valence-corrected chi connectivity index (χ0v) is 9.60. The van der Waals surface area contributed by atoms with Gasteiger partial charge in [0.2, 0.25) is 0 Å². The Morgan fingerprint density at radius 2 is 1.92 bits per heavy atom. The molecule has 0 aliphatic heterocycles. The maximum absolute atomic E-state index is 8.46. The molecule has 0 aliphatic rings. The summed E-state index contributed by atoms with van der Waals surface area (Å²) >= 11 is 0. The molecule has 0 fully saturated rings. The largest absolute Gasteiger partial charge is 0.394 e. The van der Waals surface area contributed by atoms with Gasteiger partial charge in [-0.3, -0.25) is 0 Å². The molecular weight excluding hydrogens is 168 g/mol. The molecular formula is C9H22O2Si. The van der Waals surface area contributed by atoms with Crippen LogP contribution < -0.4 is 0 Å². The quantitative estimate of drug-likeness (QED) is 0.492. The van der Waals surface area contributed by atoms with Crippen LogP contribution in [0.25, 0.3) is 0 Å². The first kappa shape index (κ1) is 12.1. The van der Waals surface area contributed by atoms with E-state index in [9.17, 15) is 0 Å². The van der Waals surface area contributed by atoms with Crippen LogP contribution in [0.1, 0.15) is 13.3 Å². The normalized spacial score (nSPS) is 12.0. The minimum atomic E-state index is -0.880. The lowest BCUT2D eigenvalue weighted by atomic mass is 10.5. The van der Waals surface area contributed by atoms with Crippen molar-refractivity contribution < 1.29 is 9.84 Å². The van der Waals surface area contributed by atoms with Crippen molar-refractivity contribution >= 4 is 8.07 Å². The van der Waals surface area contributed by atoms with Crippen LogP contribution >= 0.6 is 0 Å². The molecule has 0 saturated carbocycles. The lowest BCUT2D eigenvalue weighted by molar-refractivity contribution is 0.0926. The minimum Gasteiger partial charge on any atom is -0.394 e. The van der Waals surface area contributed by atoms with Crippen molar-refractivity contribution in [2.45, 2.75) is 38.5 Å². The summed E-state index contributed by atoms with van der Waals surface area (Å²) in [6.07, 6.45) is 1.16. The number of hydrogen-bond donors (Lipinski definition) is 1. The van der Waals surface area contributed by atoms with Crippen molar-refractivity contribution in [3.05, 3.63) is 0 Å². The Labute approximate surface area is 76.9 Å². The summed E-state index contributed by atoms with van der Waals surface area (Å²) in [4.78, 5) is 0. The maximum atomic E-state index is 8.46. The van der Waals surface area contributed by atoms with Gasteiger partial charge in [0.05, 0.1) is 13.2 Å². The van der Waals surface area contributed by atoms with Gasteiger partial charge in [-0.25, -0.2) is 0 Å². The van der Waals surface area contributed by atoms with Crippen molar-refractivity contribution in [2.24, 2.45) is 0 Å². The number of ether oxygens (including phenoxy) is 1. The van der Waals surface area contributed by atoms with Crippen molar-refractivity contribution in [1.82, 2.24) is 0 Å². The van der Waals surface area contributed by atoms with E-state index in [2.05, 4.69) is 20.0 Å². The van der Waals surface area contributed by atoms with Gasteiger partial charge in [0, 0.05) is 14.7 Å². The first-order chi connectivity index (χ1) is 5.62. The molecule has 0 aromatic heterocycles. The van der Waals surface area contributed by atoms with Gasteiger partial charge in [0.15, 0.2) is 0 Å². The van der Waals surface area contributed by atoms with Crippen LogP contribution in [0.5, 0.6) is 0 Å². The Bertz CT molecular complexity index is 105. The Hall–Kier alpha value is 0.137. The highest BCUT2D eigenvalue weighted by atomic mass is 28.3. The van der Waals surface area contributed by atoms with E-state index in [1.54, 1.807) is 0 Å². The summed E-state index contributed by atoms with van der Waals surface area (Å²) in [6, 6.07) is 2.70. The summed E-state index contributed by atoms with van der Waals surface area (Å²) in [6.45, 7) is 8.57. The second-order valence-corrected chi connectivity index (χ2v) is 9.49. The van der Waals surface area contributed by atoms with Gasteiger partial charge in [0.1, 0.15) is 0 Å². The SMILES string of the molecule is CC[Si](C)(C)CCCOCCO. The fourth-order valence-corrected chi connectivity index (χ4v) is 2.45. The van der Waals surface area contributed by atoms with E-state index in [0.29, 0.717) is 6.61 Å². The molecule has 0 saturated heterocycles. The predicted octanol–water partition coefficient (Wildman–Crippen LogP) is 2.11. The van der Waals surface area contributed by atoms with E-state index in [0.717, 1.165) is 13.0 Å². The van der Waals surface area contributed by atoms with Gasteiger partial charge in [-0.1, -0.05) is 32.1 Å².